The summed E-state index contributed by atoms with van der Waals surface area (Å²) in [5, 5.41) is 14.8. The smallest absolute Gasteiger partial charge is 0.243 e. The second-order valence-electron chi connectivity index (χ2n) is 4.52. The van der Waals surface area contributed by atoms with Gasteiger partial charge in [-0.1, -0.05) is 42.8 Å². The van der Waals surface area contributed by atoms with Gasteiger partial charge in [0.25, 0.3) is 0 Å². The van der Waals surface area contributed by atoms with Gasteiger partial charge in [-0.15, -0.1) is 10.2 Å². The van der Waals surface area contributed by atoms with E-state index >= 15 is 0 Å². The van der Waals surface area contributed by atoms with Crippen LogP contribution in [0.1, 0.15) is 26.5 Å². The van der Waals surface area contributed by atoms with Crippen LogP contribution in [0.5, 0.6) is 0 Å². The van der Waals surface area contributed by atoms with Gasteiger partial charge in [-0.3, -0.25) is 0 Å². The molecule has 17 heavy (non-hydrogen) atoms. The largest absolute Gasteiger partial charge is 0.372 e. The predicted octanol–water partition coefficient (Wildman–Crippen LogP) is 1.34. The molecule has 0 N–H and O–H groups in total. The quantitative estimate of drug-likeness (QED) is 0.709. The van der Waals surface area contributed by atoms with Crippen molar-refractivity contribution in [3.05, 3.63) is 23.2 Å². The molecule has 90 valence electrons. The lowest BCUT2D eigenvalue weighted by atomic mass is 9.93. The lowest BCUT2D eigenvalue weighted by Gasteiger charge is -2.18. The SMILES string of the molecule is CC(C)(C)c1c(Cl)nnn1C(=O)n1ccnn1. The van der Waals surface area contributed by atoms with Crippen LogP contribution in [0, 0.1) is 0 Å². The molecule has 2 aromatic rings. The van der Waals surface area contributed by atoms with Crippen LogP contribution in [0.3, 0.4) is 0 Å². The maximum Gasteiger partial charge on any atom is 0.372 e. The lowest BCUT2D eigenvalue weighted by molar-refractivity contribution is 0.235. The monoisotopic (exact) mass is 254 g/mol. The number of carbonyl (C=O) groups excluding carboxylic acids is 1. The number of aromatic nitrogens is 6. The van der Waals surface area contributed by atoms with E-state index in [1.165, 1.54) is 12.4 Å². The normalized spacial score (nSPS) is 11.8. The Morgan fingerprint density at radius 2 is 2.06 bits per heavy atom. The zero-order chi connectivity index (χ0) is 12.6. The first-order chi connectivity index (χ1) is 7.91. The molecule has 8 heteroatoms. The highest BCUT2D eigenvalue weighted by molar-refractivity contribution is 6.30. The van der Waals surface area contributed by atoms with Gasteiger partial charge >= 0.3 is 6.03 Å². The molecule has 0 atom stereocenters. The maximum absolute atomic E-state index is 12.1. The van der Waals surface area contributed by atoms with Crippen molar-refractivity contribution in [1.29, 1.82) is 0 Å². The molecule has 7 nitrogen and oxygen atoms in total. The van der Waals surface area contributed by atoms with Crippen LogP contribution in [0.15, 0.2) is 12.4 Å². The van der Waals surface area contributed by atoms with Gasteiger partial charge in [0.05, 0.1) is 18.1 Å². The maximum atomic E-state index is 12.1. The van der Waals surface area contributed by atoms with Gasteiger partial charge in [0, 0.05) is 5.41 Å². The molecule has 0 amide bonds. The van der Waals surface area contributed by atoms with Crippen molar-refractivity contribution in [3.63, 3.8) is 0 Å². The van der Waals surface area contributed by atoms with Gasteiger partial charge in [-0.05, 0) is 0 Å². The van der Waals surface area contributed by atoms with E-state index in [4.69, 9.17) is 11.6 Å². The fourth-order valence-corrected chi connectivity index (χ4v) is 1.83. The van der Waals surface area contributed by atoms with Gasteiger partial charge in [-0.2, -0.15) is 9.36 Å². The van der Waals surface area contributed by atoms with Crippen molar-refractivity contribution in [1.82, 2.24) is 30.0 Å². The summed E-state index contributed by atoms with van der Waals surface area (Å²) in [6.07, 6.45) is 2.84. The summed E-state index contributed by atoms with van der Waals surface area (Å²) in [7, 11) is 0. The van der Waals surface area contributed by atoms with Crippen LogP contribution in [-0.4, -0.2) is 36.0 Å². The fraction of sp³-hybridized carbons (Fsp3) is 0.444. The Kier molecular flexibility index (Phi) is 2.70. The Bertz CT molecular complexity index is 538. The highest BCUT2D eigenvalue weighted by Crippen LogP contribution is 2.27. The summed E-state index contributed by atoms with van der Waals surface area (Å²) in [4.78, 5) is 12.1. The van der Waals surface area contributed by atoms with Gasteiger partial charge in [-0.25, -0.2) is 4.79 Å². The topological polar surface area (TPSA) is 78.5 Å². The summed E-state index contributed by atoms with van der Waals surface area (Å²) in [6, 6.07) is -0.466. The van der Waals surface area contributed by atoms with E-state index in [0.717, 1.165) is 9.36 Å². The van der Waals surface area contributed by atoms with Gasteiger partial charge in [0.2, 0.25) is 0 Å². The molecule has 0 saturated carbocycles. The van der Waals surface area contributed by atoms with E-state index in [-0.39, 0.29) is 10.6 Å². The van der Waals surface area contributed by atoms with Crippen LogP contribution < -0.4 is 0 Å². The highest BCUT2D eigenvalue weighted by Gasteiger charge is 2.28. The first-order valence-electron chi connectivity index (χ1n) is 4.94. The van der Waals surface area contributed by atoms with Crippen molar-refractivity contribution in [2.75, 3.05) is 0 Å². The summed E-state index contributed by atoms with van der Waals surface area (Å²) >= 11 is 5.94. The zero-order valence-electron chi connectivity index (χ0n) is 9.62. The summed E-state index contributed by atoms with van der Waals surface area (Å²) in [5.41, 5.74) is 0.191. The molecule has 0 aliphatic heterocycles. The van der Waals surface area contributed by atoms with Crippen LogP contribution in [0.2, 0.25) is 5.15 Å². The number of hydrogen-bond donors (Lipinski definition) is 0. The van der Waals surface area contributed by atoms with Crippen LogP contribution >= 0.6 is 11.6 Å². The third kappa shape index (κ3) is 2.05. The summed E-state index contributed by atoms with van der Waals surface area (Å²) in [5.74, 6) is 0. The molecule has 0 aliphatic rings. The van der Waals surface area contributed by atoms with Gasteiger partial charge < -0.3 is 0 Å². The summed E-state index contributed by atoms with van der Waals surface area (Å²) in [6.45, 7) is 5.76. The van der Waals surface area contributed by atoms with E-state index in [1.807, 2.05) is 20.8 Å². The average molecular weight is 255 g/mol. The zero-order valence-corrected chi connectivity index (χ0v) is 10.4. The van der Waals surface area contributed by atoms with E-state index < -0.39 is 6.03 Å². The Hall–Kier alpha value is -1.76. The Morgan fingerprint density at radius 3 is 2.59 bits per heavy atom. The highest BCUT2D eigenvalue weighted by atomic mass is 35.5. The second-order valence-corrected chi connectivity index (χ2v) is 4.88. The molecular formula is C9H11ClN6O. The van der Waals surface area contributed by atoms with E-state index in [1.54, 1.807) is 0 Å². The minimum Gasteiger partial charge on any atom is -0.243 e. The molecule has 2 heterocycles. The molecule has 0 spiro atoms. The van der Waals surface area contributed by atoms with Crippen molar-refractivity contribution in [2.24, 2.45) is 0 Å². The third-order valence-electron chi connectivity index (χ3n) is 2.14. The number of halogens is 1. The van der Waals surface area contributed by atoms with Crippen LogP contribution in [0.4, 0.5) is 4.79 Å². The van der Waals surface area contributed by atoms with E-state index in [2.05, 4.69) is 20.6 Å². The third-order valence-corrected chi connectivity index (χ3v) is 2.39. The molecule has 0 aliphatic carbocycles. The van der Waals surface area contributed by atoms with Crippen molar-refractivity contribution in [3.8, 4) is 0 Å². The standard InChI is InChI=1S/C9H11ClN6O/c1-9(2,3)6-7(10)12-14-16(6)8(17)15-5-4-11-13-15/h4-5H,1-3H3. The van der Waals surface area contributed by atoms with Crippen molar-refractivity contribution in [2.45, 2.75) is 26.2 Å². The molecule has 0 radical (unpaired) electrons. The van der Waals surface area contributed by atoms with Crippen LogP contribution in [0.25, 0.3) is 0 Å². The molecule has 0 aromatic carbocycles. The number of carbonyl (C=O) groups is 1. The average Bonchev–Trinajstić information content (AvgIpc) is 2.83. The van der Waals surface area contributed by atoms with Gasteiger partial charge in [0.15, 0.2) is 5.15 Å². The van der Waals surface area contributed by atoms with E-state index in [9.17, 15) is 4.79 Å². The molecule has 2 aromatic heterocycles. The van der Waals surface area contributed by atoms with Crippen molar-refractivity contribution >= 4 is 17.6 Å². The van der Waals surface area contributed by atoms with Crippen LogP contribution in [-0.2, 0) is 5.41 Å². The van der Waals surface area contributed by atoms with Gasteiger partial charge in [0.1, 0.15) is 0 Å². The molecule has 0 fully saturated rings. The number of rotatable bonds is 0. The summed E-state index contributed by atoms with van der Waals surface area (Å²) < 4.78 is 2.21. The molecule has 2 rings (SSSR count). The Labute approximate surface area is 102 Å². The van der Waals surface area contributed by atoms with E-state index in [0.29, 0.717) is 5.69 Å². The lowest BCUT2D eigenvalue weighted by Crippen LogP contribution is -2.28. The Morgan fingerprint density at radius 1 is 1.35 bits per heavy atom. The van der Waals surface area contributed by atoms with Crippen molar-refractivity contribution < 1.29 is 4.79 Å². The minimum atomic E-state index is -0.466. The first kappa shape index (κ1) is 11.7. The number of nitrogens with zero attached hydrogens (tertiary/aromatic N) is 6. The predicted molar refractivity (Wildman–Crippen MR) is 59.9 cm³/mol. The Balaban J connectivity index is 2.51. The molecular weight excluding hydrogens is 244 g/mol. The molecule has 0 unspecified atom stereocenters. The number of hydrogen-bond acceptors (Lipinski definition) is 5. The second kappa shape index (κ2) is 3.92. The first-order valence-corrected chi connectivity index (χ1v) is 5.32. The fourth-order valence-electron chi connectivity index (χ4n) is 1.43. The molecule has 0 saturated heterocycles. The molecule has 0 bridgehead atoms. The minimum absolute atomic E-state index is 0.214.